The molecule has 0 aromatic heterocycles. The first kappa shape index (κ1) is 13.7. The van der Waals surface area contributed by atoms with Crippen molar-refractivity contribution in [2.24, 2.45) is 5.92 Å². The van der Waals surface area contributed by atoms with Gasteiger partial charge in [-0.2, -0.15) is 0 Å². The van der Waals surface area contributed by atoms with Crippen LogP contribution in [0.1, 0.15) is 29.9 Å². The summed E-state index contributed by atoms with van der Waals surface area (Å²) in [6, 6.07) is 19.2. The summed E-state index contributed by atoms with van der Waals surface area (Å²) in [5.41, 5.74) is 2.77. The maximum atomic E-state index is 6.03. The molecule has 2 aromatic rings. The second-order valence-corrected chi connectivity index (χ2v) is 5.88. The highest BCUT2D eigenvalue weighted by molar-refractivity contribution is 6.30. The Balaban J connectivity index is 1.96. The van der Waals surface area contributed by atoms with Crippen molar-refractivity contribution >= 4 is 11.6 Å². The molecular formula is C18H19ClN. The van der Waals surface area contributed by atoms with Gasteiger partial charge in [-0.1, -0.05) is 54.1 Å². The third-order valence-corrected chi connectivity index (χ3v) is 4.43. The summed E-state index contributed by atoms with van der Waals surface area (Å²) in [4.78, 5) is 0. The van der Waals surface area contributed by atoms with Gasteiger partial charge in [-0.3, -0.25) is 0 Å². The molecule has 1 atom stereocenters. The van der Waals surface area contributed by atoms with Crippen molar-refractivity contribution in [3.8, 4) is 0 Å². The summed E-state index contributed by atoms with van der Waals surface area (Å²) in [6.07, 6.45) is 2.37. The van der Waals surface area contributed by atoms with Crippen molar-refractivity contribution < 1.29 is 0 Å². The molecule has 103 valence electrons. The van der Waals surface area contributed by atoms with Gasteiger partial charge in [-0.25, -0.2) is 5.32 Å². The quantitative estimate of drug-likeness (QED) is 0.789. The Morgan fingerprint density at radius 2 is 1.45 bits per heavy atom. The molecule has 3 rings (SSSR count). The smallest absolute Gasteiger partial charge is 0.0406 e. The van der Waals surface area contributed by atoms with Crippen molar-refractivity contribution in [3.05, 3.63) is 70.7 Å². The Morgan fingerprint density at radius 1 is 0.850 bits per heavy atom. The van der Waals surface area contributed by atoms with Crippen molar-refractivity contribution in [1.29, 1.82) is 0 Å². The Labute approximate surface area is 126 Å². The fourth-order valence-electron chi connectivity index (χ4n) is 3.17. The highest BCUT2D eigenvalue weighted by Crippen LogP contribution is 2.37. The molecule has 1 aliphatic heterocycles. The summed E-state index contributed by atoms with van der Waals surface area (Å²) >= 11 is 6.03. The van der Waals surface area contributed by atoms with Gasteiger partial charge in [0.2, 0.25) is 0 Å². The highest BCUT2D eigenvalue weighted by atomic mass is 35.5. The van der Waals surface area contributed by atoms with Gasteiger partial charge in [0.15, 0.2) is 0 Å². The Bertz CT molecular complexity index is 529. The normalized spacial score (nSPS) is 17.9. The molecule has 1 saturated heterocycles. The first-order valence-electron chi connectivity index (χ1n) is 7.28. The lowest BCUT2D eigenvalue weighted by Crippen LogP contribution is -2.27. The maximum absolute atomic E-state index is 6.03. The standard InChI is InChI=1S/C18H19ClN/c19-17-8-6-15(7-9-17)18(14-4-2-1-3-5-14)16-10-12-20-13-11-16/h1-9,16,18H,10-13H2. The minimum Gasteiger partial charge on any atom is -0.242 e. The molecule has 1 radical (unpaired) electrons. The van der Waals surface area contributed by atoms with Gasteiger partial charge < -0.3 is 0 Å². The van der Waals surface area contributed by atoms with Crippen molar-refractivity contribution in [2.75, 3.05) is 13.1 Å². The SMILES string of the molecule is Clc1ccc(C(c2ccccc2)C2CC[N]CC2)cc1. The van der Waals surface area contributed by atoms with Crippen LogP contribution >= 0.6 is 11.6 Å². The molecule has 1 unspecified atom stereocenters. The number of hydrogen-bond acceptors (Lipinski definition) is 0. The van der Waals surface area contributed by atoms with Crippen LogP contribution in [0.4, 0.5) is 0 Å². The number of rotatable bonds is 3. The summed E-state index contributed by atoms with van der Waals surface area (Å²) in [7, 11) is 0. The Kier molecular flexibility index (Phi) is 4.39. The third kappa shape index (κ3) is 3.05. The van der Waals surface area contributed by atoms with Crippen LogP contribution in [0, 0.1) is 5.92 Å². The van der Waals surface area contributed by atoms with Gasteiger partial charge in [-0.15, -0.1) is 0 Å². The van der Waals surface area contributed by atoms with Crippen LogP contribution < -0.4 is 5.32 Å². The van der Waals surface area contributed by atoms with E-state index in [1.54, 1.807) is 0 Å². The predicted molar refractivity (Wildman–Crippen MR) is 84.3 cm³/mol. The van der Waals surface area contributed by atoms with Crippen LogP contribution in [0.15, 0.2) is 54.6 Å². The molecule has 0 spiro atoms. The van der Waals surface area contributed by atoms with Gasteiger partial charge in [-0.05, 0) is 42.0 Å². The summed E-state index contributed by atoms with van der Waals surface area (Å²) in [5, 5.41) is 5.29. The summed E-state index contributed by atoms with van der Waals surface area (Å²) < 4.78 is 0. The number of nitrogens with zero attached hydrogens (tertiary/aromatic N) is 1. The highest BCUT2D eigenvalue weighted by Gasteiger charge is 2.26. The number of hydrogen-bond donors (Lipinski definition) is 0. The number of halogens is 1. The zero-order chi connectivity index (χ0) is 13.8. The number of benzene rings is 2. The molecule has 20 heavy (non-hydrogen) atoms. The summed E-state index contributed by atoms with van der Waals surface area (Å²) in [5.74, 6) is 1.14. The lowest BCUT2D eigenvalue weighted by Gasteiger charge is -2.31. The van der Waals surface area contributed by atoms with Gasteiger partial charge in [0.1, 0.15) is 0 Å². The lowest BCUT2D eigenvalue weighted by molar-refractivity contribution is 0.338. The molecule has 1 fully saturated rings. The maximum Gasteiger partial charge on any atom is 0.0406 e. The van der Waals surface area contributed by atoms with Crippen molar-refractivity contribution in [2.45, 2.75) is 18.8 Å². The first-order valence-corrected chi connectivity index (χ1v) is 7.66. The van der Waals surface area contributed by atoms with E-state index in [-0.39, 0.29) is 0 Å². The molecular weight excluding hydrogens is 266 g/mol. The average molecular weight is 285 g/mol. The van der Waals surface area contributed by atoms with E-state index in [9.17, 15) is 0 Å². The van der Waals surface area contributed by atoms with Gasteiger partial charge in [0.25, 0.3) is 0 Å². The predicted octanol–water partition coefficient (Wildman–Crippen LogP) is 4.49. The van der Waals surface area contributed by atoms with Crippen LogP contribution in [-0.4, -0.2) is 13.1 Å². The molecule has 0 amide bonds. The van der Waals surface area contributed by atoms with Crippen molar-refractivity contribution in [1.82, 2.24) is 5.32 Å². The minimum atomic E-state index is 0.462. The molecule has 0 bridgehead atoms. The van der Waals surface area contributed by atoms with Gasteiger partial charge in [0.05, 0.1) is 0 Å². The van der Waals surface area contributed by atoms with Crippen molar-refractivity contribution in [3.63, 3.8) is 0 Å². The van der Waals surface area contributed by atoms with Crippen LogP contribution in [0.25, 0.3) is 0 Å². The van der Waals surface area contributed by atoms with E-state index in [1.807, 2.05) is 12.1 Å². The zero-order valence-corrected chi connectivity index (χ0v) is 12.3. The molecule has 1 nitrogen and oxygen atoms in total. The second kappa shape index (κ2) is 6.43. The third-order valence-electron chi connectivity index (χ3n) is 4.18. The van der Waals surface area contributed by atoms with Crippen LogP contribution in [0.2, 0.25) is 5.02 Å². The van der Waals surface area contributed by atoms with Crippen LogP contribution in [0.3, 0.4) is 0 Å². The van der Waals surface area contributed by atoms with Gasteiger partial charge >= 0.3 is 0 Å². The van der Waals surface area contributed by atoms with E-state index >= 15 is 0 Å². The summed E-state index contributed by atoms with van der Waals surface area (Å²) in [6.45, 7) is 2.00. The molecule has 1 aliphatic rings. The average Bonchev–Trinajstić information content (AvgIpc) is 2.52. The largest absolute Gasteiger partial charge is 0.242 e. The molecule has 2 aromatic carbocycles. The van der Waals surface area contributed by atoms with Crippen LogP contribution in [0.5, 0.6) is 0 Å². The molecule has 0 N–H and O–H groups in total. The second-order valence-electron chi connectivity index (χ2n) is 5.45. The first-order chi connectivity index (χ1) is 9.84. The molecule has 2 heteroatoms. The molecule has 0 saturated carbocycles. The van der Waals surface area contributed by atoms with E-state index in [2.05, 4.69) is 47.8 Å². The minimum absolute atomic E-state index is 0.462. The van der Waals surface area contributed by atoms with Gasteiger partial charge in [0, 0.05) is 24.0 Å². The fourth-order valence-corrected chi connectivity index (χ4v) is 3.30. The van der Waals surface area contributed by atoms with E-state index in [1.165, 1.54) is 24.0 Å². The van der Waals surface area contributed by atoms with Crippen LogP contribution in [-0.2, 0) is 0 Å². The zero-order valence-electron chi connectivity index (χ0n) is 11.5. The van der Waals surface area contributed by atoms with E-state index in [0.29, 0.717) is 11.8 Å². The monoisotopic (exact) mass is 284 g/mol. The Morgan fingerprint density at radius 3 is 2.10 bits per heavy atom. The van der Waals surface area contributed by atoms with E-state index < -0.39 is 0 Å². The van der Waals surface area contributed by atoms with E-state index in [4.69, 9.17) is 11.6 Å². The molecule has 0 aliphatic carbocycles. The lowest BCUT2D eigenvalue weighted by atomic mass is 9.76. The number of piperidine rings is 1. The fraction of sp³-hybridized carbons (Fsp3) is 0.333. The molecule has 1 heterocycles. The van der Waals surface area contributed by atoms with E-state index in [0.717, 1.165) is 18.1 Å². The Hall–Kier alpha value is -1.31. The topological polar surface area (TPSA) is 14.1 Å².